The van der Waals surface area contributed by atoms with E-state index < -0.39 is 11.6 Å². The van der Waals surface area contributed by atoms with Crippen LogP contribution in [0.15, 0.2) is 29.9 Å². The molecule has 5 heteroatoms. The Hall–Kier alpha value is -1.33. The second-order valence-corrected chi connectivity index (χ2v) is 5.38. The van der Waals surface area contributed by atoms with Crippen LogP contribution in [0.2, 0.25) is 0 Å². The Balaban J connectivity index is 2.07. The zero-order chi connectivity index (χ0) is 13.7. The van der Waals surface area contributed by atoms with E-state index in [9.17, 15) is 8.78 Å². The first-order valence-electron chi connectivity index (χ1n) is 6.23. The van der Waals surface area contributed by atoms with Gasteiger partial charge in [-0.2, -0.15) is 0 Å². The number of rotatable bonds is 6. The lowest BCUT2D eigenvalue weighted by atomic mass is 10.0. The second-order valence-electron chi connectivity index (χ2n) is 4.41. The number of likely N-dealkylation sites (N-methyl/N-ethyl adjacent to an activating group) is 1. The molecule has 2 nitrogen and oxygen atoms in total. The normalized spacial score (nSPS) is 12.6. The maximum absolute atomic E-state index is 13.2. The van der Waals surface area contributed by atoms with Gasteiger partial charge in [0.2, 0.25) is 0 Å². The van der Waals surface area contributed by atoms with E-state index in [2.05, 4.69) is 10.3 Å². The fourth-order valence-corrected chi connectivity index (χ4v) is 2.78. The van der Waals surface area contributed by atoms with Crippen molar-refractivity contribution in [2.24, 2.45) is 0 Å². The molecule has 2 rings (SSSR count). The van der Waals surface area contributed by atoms with Gasteiger partial charge in [0.25, 0.3) is 0 Å². The SMILES string of the molecule is CCNC(Cc1cc(F)cc(F)c1)Cc1cncs1. The van der Waals surface area contributed by atoms with Crippen molar-refractivity contribution >= 4 is 11.3 Å². The summed E-state index contributed by atoms with van der Waals surface area (Å²) in [6.45, 7) is 2.84. The van der Waals surface area contributed by atoms with Crippen LogP contribution < -0.4 is 5.32 Å². The van der Waals surface area contributed by atoms with Gasteiger partial charge in [-0.05, 0) is 37.1 Å². The van der Waals surface area contributed by atoms with Gasteiger partial charge in [0, 0.05) is 23.2 Å². The first-order chi connectivity index (χ1) is 9.17. The van der Waals surface area contributed by atoms with Crippen LogP contribution in [0, 0.1) is 11.6 Å². The third kappa shape index (κ3) is 4.36. The Morgan fingerprint density at radius 1 is 1.21 bits per heavy atom. The quantitative estimate of drug-likeness (QED) is 0.880. The van der Waals surface area contributed by atoms with E-state index in [1.54, 1.807) is 16.8 Å². The van der Waals surface area contributed by atoms with Crippen molar-refractivity contribution in [3.05, 3.63) is 52.0 Å². The third-order valence-electron chi connectivity index (χ3n) is 2.83. The van der Waals surface area contributed by atoms with Crippen molar-refractivity contribution in [2.45, 2.75) is 25.8 Å². The summed E-state index contributed by atoms with van der Waals surface area (Å²) in [5.41, 5.74) is 2.47. The van der Waals surface area contributed by atoms with Gasteiger partial charge >= 0.3 is 0 Å². The second kappa shape index (κ2) is 6.73. The van der Waals surface area contributed by atoms with Crippen LogP contribution in [0.25, 0.3) is 0 Å². The molecule has 0 fully saturated rings. The summed E-state index contributed by atoms with van der Waals surface area (Å²) in [6, 6.07) is 3.83. The molecule has 2 aromatic rings. The number of halogens is 2. The van der Waals surface area contributed by atoms with Crippen LogP contribution in [-0.4, -0.2) is 17.6 Å². The van der Waals surface area contributed by atoms with Crippen molar-refractivity contribution in [3.63, 3.8) is 0 Å². The smallest absolute Gasteiger partial charge is 0.126 e. The molecule has 1 atom stereocenters. The largest absolute Gasteiger partial charge is 0.314 e. The van der Waals surface area contributed by atoms with Gasteiger partial charge in [-0.1, -0.05) is 6.92 Å². The number of thiazole rings is 1. The Bertz CT molecular complexity index is 494. The van der Waals surface area contributed by atoms with Gasteiger partial charge in [0.05, 0.1) is 5.51 Å². The molecule has 19 heavy (non-hydrogen) atoms. The van der Waals surface area contributed by atoms with Gasteiger partial charge in [-0.15, -0.1) is 11.3 Å². The molecule has 0 bridgehead atoms. The van der Waals surface area contributed by atoms with Crippen LogP contribution in [0.5, 0.6) is 0 Å². The van der Waals surface area contributed by atoms with Crippen LogP contribution in [0.1, 0.15) is 17.4 Å². The molecule has 0 radical (unpaired) electrons. The summed E-state index contributed by atoms with van der Waals surface area (Å²) in [4.78, 5) is 5.21. The Labute approximate surface area is 115 Å². The van der Waals surface area contributed by atoms with Gasteiger partial charge in [-0.3, -0.25) is 4.98 Å². The van der Waals surface area contributed by atoms with E-state index in [-0.39, 0.29) is 6.04 Å². The minimum atomic E-state index is -0.525. The fraction of sp³-hybridized carbons (Fsp3) is 0.357. The predicted octanol–water partition coefficient (Wildman–Crippen LogP) is 3.18. The number of benzene rings is 1. The zero-order valence-corrected chi connectivity index (χ0v) is 11.5. The average molecular weight is 282 g/mol. The zero-order valence-electron chi connectivity index (χ0n) is 10.7. The molecule has 1 aromatic carbocycles. The number of hydrogen-bond acceptors (Lipinski definition) is 3. The molecular formula is C14H16F2N2S. The van der Waals surface area contributed by atoms with E-state index in [1.165, 1.54) is 17.0 Å². The predicted molar refractivity (Wildman–Crippen MR) is 73.3 cm³/mol. The Morgan fingerprint density at radius 3 is 2.53 bits per heavy atom. The first kappa shape index (κ1) is 14.1. The number of aromatic nitrogens is 1. The molecule has 102 valence electrons. The number of hydrogen-bond donors (Lipinski definition) is 1. The van der Waals surface area contributed by atoms with E-state index in [0.29, 0.717) is 12.0 Å². The Morgan fingerprint density at radius 2 is 1.95 bits per heavy atom. The summed E-state index contributed by atoms with van der Waals surface area (Å²) in [5, 5.41) is 3.34. The molecule has 0 saturated heterocycles. The van der Waals surface area contributed by atoms with E-state index in [4.69, 9.17) is 0 Å². The molecule has 0 aliphatic rings. The fourth-order valence-electron chi connectivity index (χ4n) is 2.10. The molecule has 0 saturated carbocycles. The summed E-state index contributed by atoms with van der Waals surface area (Å²) in [5.74, 6) is -1.05. The highest BCUT2D eigenvalue weighted by Crippen LogP contribution is 2.14. The number of nitrogens with one attached hydrogen (secondary N) is 1. The lowest BCUT2D eigenvalue weighted by molar-refractivity contribution is 0.518. The van der Waals surface area contributed by atoms with Crippen LogP contribution in [0.4, 0.5) is 8.78 Å². The van der Waals surface area contributed by atoms with Crippen molar-refractivity contribution in [2.75, 3.05) is 6.54 Å². The van der Waals surface area contributed by atoms with Crippen molar-refractivity contribution in [1.29, 1.82) is 0 Å². The molecule has 1 aromatic heterocycles. The van der Waals surface area contributed by atoms with Crippen molar-refractivity contribution in [3.8, 4) is 0 Å². The van der Waals surface area contributed by atoms with E-state index in [1.807, 2.05) is 13.1 Å². The third-order valence-corrected chi connectivity index (χ3v) is 3.63. The highest BCUT2D eigenvalue weighted by atomic mass is 32.1. The molecule has 1 heterocycles. The van der Waals surface area contributed by atoms with E-state index in [0.717, 1.165) is 19.0 Å². The molecule has 1 unspecified atom stereocenters. The molecule has 0 spiro atoms. The monoisotopic (exact) mass is 282 g/mol. The maximum Gasteiger partial charge on any atom is 0.126 e. The minimum absolute atomic E-state index is 0.159. The van der Waals surface area contributed by atoms with Crippen molar-refractivity contribution < 1.29 is 8.78 Å². The highest BCUT2D eigenvalue weighted by Gasteiger charge is 2.12. The lowest BCUT2D eigenvalue weighted by Crippen LogP contribution is -2.32. The van der Waals surface area contributed by atoms with Gasteiger partial charge in [-0.25, -0.2) is 8.78 Å². The molecule has 0 aliphatic carbocycles. The van der Waals surface area contributed by atoms with Gasteiger partial charge in [0.1, 0.15) is 11.6 Å². The average Bonchev–Trinajstić information content (AvgIpc) is 2.80. The van der Waals surface area contributed by atoms with Crippen LogP contribution in [0.3, 0.4) is 0 Å². The first-order valence-corrected chi connectivity index (χ1v) is 7.11. The standard InChI is InChI=1S/C14H16F2N2S/c1-2-18-13(7-14-8-17-9-19-14)5-10-3-11(15)6-12(16)4-10/h3-4,6,8-9,13,18H,2,5,7H2,1H3. The lowest BCUT2D eigenvalue weighted by Gasteiger charge is -2.17. The van der Waals surface area contributed by atoms with Crippen LogP contribution >= 0.6 is 11.3 Å². The summed E-state index contributed by atoms with van der Waals surface area (Å²) >= 11 is 1.59. The van der Waals surface area contributed by atoms with Gasteiger partial charge in [0.15, 0.2) is 0 Å². The van der Waals surface area contributed by atoms with Gasteiger partial charge < -0.3 is 5.32 Å². The van der Waals surface area contributed by atoms with Crippen molar-refractivity contribution in [1.82, 2.24) is 10.3 Å². The number of nitrogens with zero attached hydrogens (tertiary/aromatic N) is 1. The molecule has 0 amide bonds. The van der Waals surface area contributed by atoms with E-state index >= 15 is 0 Å². The summed E-state index contributed by atoms with van der Waals surface area (Å²) in [7, 11) is 0. The summed E-state index contributed by atoms with van der Waals surface area (Å²) < 4.78 is 26.3. The Kier molecular flexibility index (Phi) is 4.99. The summed E-state index contributed by atoms with van der Waals surface area (Å²) in [6.07, 6.45) is 3.25. The highest BCUT2D eigenvalue weighted by molar-refractivity contribution is 7.09. The van der Waals surface area contributed by atoms with Crippen LogP contribution in [-0.2, 0) is 12.8 Å². The topological polar surface area (TPSA) is 24.9 Å². The maximum atomic E-state index is 13.2. The molecule has 1 N–H and O–H groups in total. The molecular weight excluding hydrogens is 266 g/mol. The molecule has 0 aliphatic heterocycles. The minimum Gasteiger partial charge on any atom is -0.314 e.